The van der Waals surface area contributed by atoms with Gasteiger partial charge in [-0.3, -0.25) is 29.3 Å². The van der Waals surface area contributed by atoms with Crippen molar-refractivity contribution in [1.82, 2.24) is 44.9 Å². The van der Waals surface area contributed by atoms with Gasteiger partial charge in [0.2, 0.25) is 17.7 Å². The molecule has 0 spiro atoms. The highest BCUT2D eigenvalue weighted by Gasteiger charge is 2.51. The Kier molecular flexibility index (Phi) is 13.3. The highest BCUT2D eigenvalue weighted by Crippen LogP contribution is 2.43. The van der Waals surface area contributed by atoms with Crippen LogP contribution >= 0.6 is 23.2 Å². The van der Waals surface area contributed by atoms with Crippen LogP contribution in [0.3, 0.4) is 0 Å². The van der Waals surface area contributed by atoms with Crippen molar-refractivity contribution in [3.05, 3.63) is 140 Å². The van der Waals surface area contributed by atoms with E-state index in [0.717, 1.165) is 39.7 Å². The average Bonchev–Trinajstić information content (AvgIpc) is 4.17. The first-order valence-corrected chi connectivity index (χ1v) is 23.4. The molecular formula is C48H39Cl2F5N10O9. The van der Waals surface area contributed by atoms with Gasteiger partial charge in [-0.15, -0.1) is 5.10 Å². The Morgan fingerprint density at radius 1 is 0.959 bits per heavy atom. The summed E-state index contributed by atoms with van der Waals surface area (Å²) in [6.07, 6.45) is -9.95. The molecule has 1 unspecified atom stereocenters. The summed E-state index contributed by atoms with van der Waals surface area (Å²) in [5, 5.41) is 38.9. The lowest BCUT2D eigenvalue weighted by Crippen LogP contribution is -2.54. The number of aliphatic hydroxyl groups excluding tert-OH is 2. The van der Waals surface area contributed by atoms with Gasteiger partial charge in [0.25, 0.3) is 11.8 Å². The maximum atomic E-state index is 14.6. The van der Waals surface area contributed by atoms with Crippen LogP contribution in [-0.4, -0.2) is 117 Å². The molecule has 6 heterocycles. The lowest BCUT2D eigenvalue weighted by atomic mass is 9.91. The number of imide groups is 1. The summed E-state index contributed by atoms with van der Waals surface area (Å²) in [5.74, 6) is -5.07. The van der Waals surface area contributed by atoms with E-state index in [-0.39, 0.29) is 71.9 Å². The number of nitrogens with zero attached hydrogens (tertiary/aromatic N) is 8. The molecule has 74 heavy (non-hydrogen) atoms. The van der Waals surface area contributed by atoms with Crippen LogP contribution < -0.4 is 10.6 Å². The van der Waals surface area contributed by atoms with Crippen molar-refractivity contribution < 1.29 is 65.6 Å². The number of aryl methyl sites for hydroxylation is 1. The van der Waals surface area contributed by atoms with Gasteiger partial charge in [-0.05, 0) is 90.7 Å². The molecule has 4 aliphatic rings. The van der Waals surface area contributed by atoms with Crippen molar-refractivity contribution in [1.29, 1.82) is 0 Å². The summed E-state index contributed by atoms with van der Waals surface area (Å²) in [6.45, 7) is -0.0671. The second kappa shape index (κ2) is 19.6. The number of hydrogen-bond acceptors (Lipinski definition) is 13. The largest absolute Gasteiger partial charge is 0.418 e. The molecule has 4 aliphatic heterocycles. The molecule has 6 aromatic rings. The van der Waals surface area contributed by atoms with Crippen LogP contribution in [0.2, 0.25) is 10.0 Å². The fourth-order valence-corrected chi connectivity index (χ4v) is 9.86. The molecule has 2 fully saturated rings. The molecule has 0 radical (unpaired) electrons. The molecule has 4 aromatic carbocycles. The van der Waals surface area contributed by atoms with Crippen molar-refractivity contribution in [3.63, 3.8) is 0 Å². The summed E-state index contributed by atoms with van der Waals surface area (Å²) < 4.78 is 87.2. The molecule has 26 heteroatoms. The summed E-state index contributed by atoms with van der Waals surface area (Å²) >= 11 is 11.9. The smallest absolute Gasteiger partial charge is 0.394 e. The van der Waals surface area contributed by atoms with Crippen LogP contribution in [0.4, 0.5) is 27.6 Å². The van der Waals surface area contributed by atoms with Crippen LogP contribution in [0.1, 0.15) is 79.6 Å². The molecule has 5 amide bonds. The number of carbonyl (C=O) groups is 5. The number of carbonyl (C=O) groups excluding carboxylic acids is 5. The first kappa shape index (κ1) is 50.3. The van der Waals surface area contributed by atoms with E-state index in [1.807, 2.05) is 0 Å². The van der Waals surface area contributed by atoms with Crippen LogP contribution in [0.25, 0.3) is 16.9 Å². The number of anilines is 1. The van der Waals surface area contributed by atoms with Crippen LogP contribution in [0, 0.1) is 18.6 Å². The minimum atomic E-state index is -4.93. The molecule has 0 aliphatic carbocycles. The third-order valence-corrected chi connectivity index (χ3v) is 13.8. The summed E-state index contributed by atoms with van der Waals surface area (Å²) in [7, 11) is 0. The number of benzene rings is 4. The van der Waals surface area contributed by atoms with E-state index >= 15 is 0 Å². The second-order valence-electron chi connectivity index (χ2n) is 17.9. The Hall–Kier alpha value is -7.22. The number of halogens is 7. The van der Waals surface area contributed by atoms with Crippen molar-refractivity contribution in [2.24, 2.45) is 0 Å². The fraction of sp³-hybridized carbons (Fsp3) is 0.312. The molecule has 0 bridgehead atoms. The second-order valence-corrected chi connectivity index (χ2v) is 18.7. The number of aromatic nitrogens is 6. The van der Waals surface area contributed by atoms with Crippen molar-refractivity contribution in [2.45, 2.75) is 82.1 Å². The van der Waals surface area contributed by atoms with Crippen molar-refractivity contribution >= 4 is 58.4 Å². The topological polar surface area (TPSA) is 236 Å². The lowest BCUT2D eigenvalue weighted by Gasteiger charge is -2.43. The standard InChI is InChI=1S/C48H39Cl2F5N10O9/c1-21-56-44(65(60-21)35-14-27(49)4-7-30(35)48(53,54)55)43-42(40(41(69)36(19-66)74-43)64-18-33(59-61-64)24-12-31(51)39(50)32(52)13-24)73-20-38(68)62-15-23-3-2-22(10-25(23)16-62)45(70)57-28-5-6-29-26(11-28)17-63(47(29)72)34-8-9-37(67)58-46(34)71/h2-7,10-14,18,34,36,40-43,66,69H,8-9,15-17,19-20H2,1H3,(H,57,70)(H,58,67,71)/t34?,36-,40+,41+,42-,43-/m1/s1. The third kappa shape index (κ3) is 9.47. The average molecular weight is 1070 g/mol. The fourth-order valence-electron chi connectivity index (χ4n) is 9.59. The van der Waals surface area contributed by atoms with Gasteiger partial charge in [0.15, 0.2) is 5.82 Å². The van der Waals surface area contributed by atoms with E-state index in [2.05, 4.69) is 31.0 Å². The van der Waals surface area contributed by atoms with Crippen molar-refractivity contribution in [3.8, 4) is 16.9 Å². The van der Waals surface area contributed by atoms with Gasteiger partial charge in [0, 0.05) is 53.5 Å². The number of rotatable bonds is 11. The number of nitrogens with one attached hydrogen (secondary N) is 2. The van der Waals surface area contributed by atoms with Gasteiger partial charge >= 0.3 is 6.18 Å². The summed E-state index contributed by atoms with van der Waals surface area (Å²) in [4.78, 5) is 72.4. The minimum Gasteiger partial charge on any atom is -0.394 e. The minimum absolute atomic E-state index is 0.00215. The van der Waals surface area contributed by atoms with Crippen molar-refractivity contribution in [2.75, 3.05) is 18.5 Å². The van der Waals surface area contributed by atoms with E-state index in [9.17, 15) is 56.1 Å². The summed E-state index contributed by atoms with van der Waals surface area (Å²) in [6, 6.07) is 11.8. The first-order valence-electron chi connectivity index (χ1n) is 22.7. The number of fused-ring (bicyclic) bond motifs is 2. The molecular weight excluding hydrogens is 1030 g/mol. The maximum absolute atomic E-state index is 14.6. The molecule has 10 rings (SSSR count). The van der Waals surface area contributed by atoms with E-state index in [1.54, 1.807) is 36.4 Å². The Morgan fingerprint density at radius 3 is 2.45 bits per heavy atom. The molecule has 2 saturated heterocycles. The normalized spacial score (nSPS) is 21.7. The highest BCUT2D eigenvalue weighted by molar-refractivity contribution is 6.31. The van der Waals surface area contributed by atoms with Crippen LogP contribution in [0.15, 0.2) is 72.9 Å². The van der Waals surface area contributed by atoms with E-state index in [0.29, 0.717) is 27.9 Å². The number of aliphatic hydroxyl groups is 2. The van der Waals surface area contributed by atoms with E-state index < -0.39 is 107 Å². The molecule has 4 N–H and O–H groups in total. The molecule has 19 nitrogen and oxygen atoms in total. The van der Waals surface area contributed by atoms with Crippen LogP contribution in [-0.2, 0) is 49.7 Å². The van der Waals surface area contributed by atoms with E-state index in [4.69, 9.17) is 32.7 Å². The Morgan fingerprint density at radius 2 is 1.72 bits per heavy atom. The predicted octanol–water partition coefficient (Wildman–Crippen LogP) is 5.41. The Labute approximate surface area is 424 Å². The van der Waals surface area contributed by atoms with Gasteiger partial charge in [-0.2, -0.15) is 18.3 Å². The Bertz CT molecular complexity index is 3280. The van der Waals surface area contributed by atoms with Gasteiger partial charge < -0.3 is 34.8 Å². The molecule has 0 saturated carbocycles. The molecule has 2 aromatic heterocycles. The lowest BCUT2D eigenvalue weighted by molar-refractivity contribution is -0.224. The predicted molar refractivity (Wildman–Crippen MR) is 247 cm³/mol. The first-order chi connectivity index (χ1) is 35.3. The zero-order chi connectivity index (χ0) is 52.5. The van der Waals surface area contributed by atoms with Crippen LogP contribution in [0.5, 0.6) is 0 Å². The molecule has 384 valence electrons. The Balaban J connectivity index is 0.903. The van der Waals surface area contributed by atoms with Gasteiger partial charge in [0.1, 0.15) is 71.3 Å². The molecule has 6 atom stereocenters. The SMILES string of the molecule is Cc1nc([C@@H]2O[C@H](CO)[C@H](O)[C@H](n3cc(-c4cc(F)c(Cl)c(F)c4)nn3)[C@H]2OCC(=O)N2Cc3ccc(C(=O)Nc4ccc5c(c4)CN(C4CCC(=O)NC4=O)C5=O)cc3C2)n(-c2cc(Cl)ccc2C(F)(F)F)n1. The third-order valence-electron chi connectivity index (χ3n) is 13.2. The number of ether oxygens (including phenoxy) is 2. The number of alkyl halides is 3. The van der Waals surface area contributed by atoms with Gasteiger partial charge in [-0.1, -0.05) is 34.5 Å². The highest BCUT2D eigenvalue weighted by atomic mass is 35.5. The summed E-state index contributed by atoms with van der Waals surface area (Å²) in [5.41, 5.74) is 0.872. The van der Waals surface area contributed by atoms with E-state index in [1.165, 1.54) is 22.9 Å². The maximum Gasteiger partial charge on any atom is 0.418 e. The number of piperidine rings is 1. The van der Waals surface area contributed by atoms with Gasteiger partial charge in [-0.25, -0.2) is 23.1 Å². The zero-order valence-corrected chi connectivity index (χ0v) is 39.8. The van der Waals surface area contributed by atoms with Gasteiger partial charge in [0.05, 0.1) is 24.1 Å². The quantitative estimate of drug-likeness (QED) is 0.0723. The monoisotopic (exact) mass is 1060 g/mol. The number of amides is 5. The number of hydrogen-bond donors (Lipinski definition) is 4. The zero-order valence-electron chi connectivity index (χ0n) is 38.3.